The number of piperidine rings is 1. The third kappa shape index (κ3) is 3.66. The van der Waals surface area contributed by atoms with E-state index >= 15 is 0 Å². The van der Waals surface area contributed by atoms with Crippen LogP contribution in [-0.4, -0.2) is 40.5 Å². The number of hydrogen-bond donors (Lipinski definition) is 1. The Hall–Kier alpha value is -2.41. The van der Waals surface area contributed by atoms with Crippen molar-refractivity contribution in [2.75, 3.05) is 20.2 Å². The zero-order valence-corrected chi connectivity index (χ0v) is 14.7. The molecule has 2 heterocycles. The first-order valence-corrected chi connectivity index (χ1v) is 8.69. The largest absolute Gasteiger partial charge is 0.465 e. The van der Waals surface area contributed by atoms with Crippen LogP contribution in [-0.2, 0) is 17.8 Å². The summed E-state index contributed by atoms with van der Waals surface area (Å²) < 4.78 is 7.99. The summed E-state index contributed by atoms with van der Waals surface area (Å²) in [7, 11) is 1.35. The van der Waals surface area contributed by atoms with E-state index < -0.39 is 0 Å². The minimum Gasteiger partial charge on any atom is -0.465 e. The third-order valence-corrected chi connectivity index (χ3v) is 4.61. The highest BCUT2D eigenvalue weighted by Crippen LogP contribution is 2.20. The average Bonchev–Trinajstić information content (AvgIpc) is 2.97. The summed E-state index contributed by atoms with van der Waals surface area (Å²) in [4.78, 5) is 24.4. The Morgan fingerprint density at radius 1 is 1.44 bits per heavy atom. The standard InChI is InChI=1S/C18H24N4O3/c1-3-21-16(15-8-5-9-19-11-15)20-22(18(21)24)12-13-6-4-7-14(10-13)17(23)25-2/h4,6-7,10,15,19H,3,5,8-9,11-12H2,1-2H3. The number of nitrogens with one attached hydrogen (secondary N) is 1. The molecule has 1 aromatic carbocycles. The molecular weight excluding hydrogens is 320 g/mol. The second-order valence-corrected chi connectivity index (χ2v) is 6.28. The summed E-state index contributed by atoms with van der Waals surface area (Å²) in [5.41, 5.74) is 1.21. The van der Waals surface area contributed by atoms with Crippen LogP contribution in [0.2, 0.25) is 0 Å². The van der Waals surface area contributed by atoms with Crippen LogP contribution in [0.1, 0.15) is 47.4 Å². The van der Waals surface area contributed by atoms with E-state index in [4.69, 9.17) is 4.74 Å². The minimum absolute atomic E-state index is 0.105. The van der Waals surface area contributed by atoms with Crippen LogP contribution in [0.15, 0.2) is 29.1 Å². The van der Waals surface area contributed by atoms with Gasteiger partial charge in [0.2, 0.25) is 0 Å². The molecule has 0 bridgehead atoms. The zero-order chi connectivity index (χ0) is 17.8. The van der Waals surface area contributed by atoms with Crippen molar-refractivity contribution in [1.82, 2.24) is 19.7 Å². The molecule has 1 aromatic heterocycles. The fourth-order valence-corrected chi connectivity index (χ4v) is 3.32. The second kappa shape index (κ2) is 7.65. The first-order valence-electron chi connectivity index (χ1n) is 8.69. The maximum absolute atomic E-state index is 12.7. The summed E-state index contributed by atoms with van der Waals surface area (Å²) in [6.45, 7) is 4.78. The lowest BCUT2D eigenvalue weighted by Crippen LogP contribution is -2.31. The molecule has 1 unspecified atom stereocenters. The quantitative estimate of drug-likeness (QED) is 0.829. The Morgan fingerprint density at radius 3 is 2.96 bits per heavy atom. The van der Waals surface area contributed by atoms with Gasteiger partial charge in [-0.2, -0.15) is 5.10 Å². The fraction of sp³-hybridized carbons (Fsp3) is 0.500. The number of nitrogens with zero attached hydrogens (tertiary/aromatic N) is 3. The maximum atomic E-state index is 12.7. The number of rotatable bonds is 5. The van der Waals surface area contributed by atoms with E-state index in [0.29, 0.717) is 18.7 Å². The summed E-state index contributed by atoms with van der Waals surface area (Å²) in [5, 5.41) is 7.98. The highest BCUT2D eigenvalue weighted by atomic mass is 16.5. The zero-order valence-electron chi connectivity index (χ0n) is 14.7. The molecule has 1 N–H and O–H groups in total. The van der Waals surface area contributed by atoms with Gasteiger partial charge in [0.25, 0.3) is 0 Å². The number of methoxy groups -OCH3 is 1. The van der Waals surface area contributed by atoms with Crippen LogP contribution in [0.5, 0.6) is 0 Å². The topological polar surface area (TPSA) is 78.2 Å². The van der Waals surface area contributed by atoms with Gasteiger partial charge >= 0.3 is 11.7 Å². The van der Waals surface area contributed by atoms with Crippen LogP contribution in [0.3, 0.4) is 0 Å². The van der Waals surface area contributed by atoms with Crippen LogP contribution in [0, 0.1) is 0 Å². The average molecular weight is 344 g/mol. The lowest BCUT2D eigenvalue weighted by molar-refractivity contribution is 0.0600. The van der Waals surface area contributed by atoms with E-state index in [0.717, 1.165) is 37.3 Å². The van der Waals surface area contributed by atoms with Gasteiger partial charge in [-0.25, -0.2) is 14.3 Å². The third-order valence-electron chi connectivity index (χ3n) is 4.61. The van der Waals surface area contributed by atoms with E-state index in [1.807, 2.05) is 13.0 Å². The first-order chi connectivity index (χ1) is 12.1. The van der Waals surface area contributed by atoms with Gasteiger partial charge in [-0.05, 0) is 44.0 Å². The fourth-order valence-electron chi connectivity index (χ4n) is 3.32. The number of carbonyl (C=O) groups excluding carboxylic acids is 1. The Labute approximate surface area is 146 Å². The van der Waals surface area contributed by atoms with E-state index in [1.54, 1.807) is 22.8 Å². The molecule has 1 aliphatic heterocycles. The lowest BCUT2D eigenvalue weighted by atomic mass is 9.99. The highest BCUT2D eigenvalue weighted by Gasteiger charge is 2.23. The van der Waals surface area contributed by atoms with Gasteiger partial charge in [0.15, 0.2) is 0 Å². The van der Waals surface area contributed by atoms with Crippen LogP contribution < -0.4 is 11.0 Å². The molecule has 0 radical (unpaired) electrons. The van der Waals surface area contributed by atoms with Gasteiger partial charge in [0.1, 0.15) is 5.82 Å². The van der Waals surface area contributed by atoms with Crippen molar-refractivity contribution in [2.45, 2.75) is 38.8 Å². The molecule has 1 atom stereocenters. The van der Waals surface area contributed by atoms with Crippen molar-refractivity contribution in [3.05, 3.63) is 51.7 Å². The number of aromatic nitrogens is 3. The monoisotopic (exact) mass is 344 g/mol. The number of carbonyl (C=O) groups is 1. The Balaban J connectivity index is 1.89. The molecule has 0 aliphatic carbocycles. The Bertz CT molecular complexity index is 803. The molecule has 1 saturated heterocycles. The molecule has 3 rings (SSSR count). The van der Waals surface area contributed by atoms with Crippen LogP contribution >= 0.6 is 0 Å². The van der Waals surface area contributed by atoms with Crippen molar-refractivity contribution in [3.63, 3.8) is 0 Å². The molecule has 25 heavy (non-hydrogen) atoms. The molecular formula is C18H24N4O3. The van der Waals surface area contributed by atoms with E-state index in [-0.39, 0.29) is 17.6 Å². The molecule has 1 fully saturated rings. The number of ether oxygens (including phenoxy) is 1. The van der Waals surface area contributed by atoms with Crippen molar-refractivity contribution < 1.29 is 9.53 Å². The van der Waals surface area contributed by atoms with E-state index in [2.05, 4.69) is 10.4 Å². The number of benzene rings is 1. The molecule has 0 spiro atoms. The van der Waals surface area contributed by atoms with Gasteiger partial charge in [-0.15, -0.1) is 0 Å². The summed E-state index contributed by atoms with van der Waals surface area (Å²) in [6.07, 6.45) is 2.14. The summed E-state index contributed by atoms with van der Waals surface area (Å²) in [6, 6.07) is 7.11. The van der Waals surface area contributed by atoms with Crippen molar-refractivity contribution in [2.24, 2.45) is 0 Å². The second-order valence-electron chi connectivity index (χ2n) is 6.28. The molecule has 0 amide bonds. The van der Waals surface area contributed by atoms with E-state index in [1.165, 1.54) is 11.8 Å². The van der Waals surface area contributed by atoms with Crippen molar-refractivity contribution in [3.8, 4) is 0 Å². The smallest absolute Gasteiger partial charge is 0.346 e. The molecule has 7 heteroatoms. The first kappa shape index (κ1) is 17.4. The normalized spacial score (nSPS) is 17.4. The molecule has 134 valence electrons. The predicted octanol–water partition coefficient (Wildman–Crippen LogP) is 1.37. The summed E-state index contributed by atoms with van der Waals surface area (Å²) in [5.74, 6) is 0.732. The molecule has 2 aromatic rings. The van der Waals surface area contributed by atoms with Crippen LogP contribution in [0.4, 0.5) is 0 Å². The van der Waals surface area contributed by atoms with Crippen molar-refractivity contribution >= 4 is 5.97 Å². The number of esters is 1. The Morgan fingerprint density at radius 2 is 2.28 bits per heavy atom. The van der Waals surface area contributed by atoms with Gasteiger partial charge in [0, 0.05) is 19.0 Å². The Kier molecular flexibility index (Phi) is 5.33. The van der Waals surface area contributed by atoms with Crippen molar-refractivity contribution in [1.29, 1.82) is 0 Å². The van der Waals surface area contributed by atoms with E-state index in [9.17, 15) is 9.59 Å². The van der Waals surface area contributed by atoms with Gasteiger partial charge in [0.05, 0.1) is 19.2 Å². The number of hydrogen-bond acceptors (Lipinski definition) is 5. The van der Waals surface area contributed by atoms with Gasteiger partial charge in [-0.1, -0.05) is 12.1 Å². The summed E-state index contributed by atoms with van der Waals surface area (Å²) >= 11 is 0. The predicted molar refractivity (Wildman–Crippen MR) is 93.9 cm³/mol. The van der Waals surface area contributed by atoms with Crippen LogP contribution in [0.25, 0.3) is 0 Å². The van der Waals surface area contributed by atoms with Gasteiger partial charge < -0.3 is 10.1 Å². The molecule has 0 saturated carbocycles. The maximum Gasteiger partial charge on any atom is 0.346 e. The lowest BCUT2D eigenvalue weighted by Gasteiger charge is -2.21. The SMILES string of the molecule is CCn1c(C2CCCNC2)nn(Cc2cccc(C(=O)OC)c2)c1=O. The minimum atomic E-state index is -0.387. The highest BCUT2D eigenvalue weighted by molar-refractivity contribution is 5.89. The molecule has 1 aliphatic rings. The molecule has 7 nitrogen and oxygen atoms in total. The van der Waals surface area contributed by atoms with Gasteiger partial charge in [-0.3, -0.25) is 4.57 Å².